The lowest BCUT2D eigenvalue weighted by atomic mass is 10.2. The highest BCUT2D eigenvalue weighted by Gasteiger charge is 2.33. The number of hydrogen-bond donors (Lipinski definition) is 5. The van der Waals surface area contributed by atoms with Gasteiger partial charge < -0.3 is 59.0 Å². The first-order chi connectivity index (χ1) is 19.4. The van der Waals surface area contributed by atoms with Crippen molar-refractivity contribution in [3.8, 4) is 0 Å². The molecular formula is C26H49NO14. The number of methoxy groups -OCH3 is 2. The molecule has 0 aromatic heterocycles. The van der Waals surface area contributed by atoms with Gasteiger partial charge in [-0.05, 0) is 6.92 Å². The van der Waals surface area contributed by atoms with Crippen molar-refractivity contribution in [2.75, 3.05) is 60.9 Å². The fourth-order valence-corrected chi connectivity index (χ4v) is 2.97. The Balaban J connectivity index is 0. The molecule has 0 saturated carbocycles. The Kier molecular flexibility index (Phi) is 23.3. The molecule has 0 aromatic rings. The number of carbonyl (C=O) groups excluding carboxylic acids is 4. The minimum atomic E-state index is -1.23. The lowest BCUT2D eigenvalue weighted by Gasteiger charge is -2.32. The Hall–Kier alpha value is -2.24. The van der Waals surface area contributed by atoms with E-state index in [1.54, 1.807) is 13.8 Å². The van der Waals surface area contributed by atoms with E-state index >= 15 is 0 Å². The van der Waals surface area contributed by atoms with Gasteiger partial charge in [0, 0.05) is 47.0 Å². The van der Waals surface area contributed by atoms with Crippen LogP contribution in [0.5, 0.6) is 0 Å². The molecular weight excluding hydrogens is 550 g/mol. The molecule has 0 aliphatic heterocycles. The van der Waals surface area contributed by atoms with Crippen molar-refractivity contribution in [1.82, 2.24) is 5.32 Å². The van der Waals surface area contributed by atoms with Crippen LogP contribution in [0.15, 0.2) is 0 Å². The summed E-state index contributed by atoms with van der Waals surface area (Å²) in [6.45, 7) is 3.00. The van der Waals surface area contributed by atoms with Crippen molar-refractivity contribution in [2.24, 2.45) is 0 Å². The molecule has 15 nitrogen and oxygen atoms in total. The minimum Gasteiger partial charge on any atom is -0.463 e. The summed E-state index contributed by atoms with van der Waals surface area (Å²) in [6, 6.07) is 0. The Morgan fingerprint density at radius 2 is 1.10 bits per heavy atom. The summed E-state index contributed by atoms with van der Waals surface area (Å²) >= 11 is 0. The third-order valence-corrected chi connectivity index (χ3v) is 5.85. The highest BCUT2D eigenvalue weighted by Crippen LogP contribution is 2.20. The maximum atomic E-state index is 11.4. The second-order valence-corrected chi connectivity index (χ2v) is 8.84. The Labute approximate surface area is 241 Å². The van der Waals surface area contributed by atoms with Gasteiger partial charge in [-0.2, -0.15) is 0 Å². The SMILES string of the molecule is CC[C@@](CO)(OC)OC(CO)COC(=O)CCC(=O)NC.CC[C@@](CO)(OC)OC(CO)COC(=O)CCC(C)=O. The highest BCUT2D eigenvalue weighted by molar-refractivity contribution is 5.81. The van der Waals surface area contributed by atoms with Crippen LogP contribution in [0.4, 0.5) is 0 Å². The lowest BCUT2D eigenvalue weighted by Crippen LogP contribution is -2.44. The van der Waals surface area contributed by atoms with Crippen LogP contribution in [0.3, 0.4) is 0 Å². The molecule has 0 radical (unpaired) electrons. The van der Waals surface area contributed by atoms with Gasteiger partial charge in [-0.3, -0.25) is 14.4 Å². The first-order valence-corrected chi connectivity index (χ1v) is 13.3. The van der Waals surface area contributed by atoms with Crippen LogP contribution >= 0.6 is 0 Å². The van der Waals surface area contributed by atoms with Gasteiger partial charge in [-0.1, -0.05) is 13.8 Å². The largest absolute Gasteiger partial charge is 0.463 e. The number of amides is 1. The molecule has 0 heterocycles. The molecule has 15 heteroatoms. The number of esters is 2. The first kappa shape index (κ1) is 40.9. The van der Waals surface area contributed by atoms with E-state index in [0.29, 0.717) is 12.8 Å². The maximum absolute atomic E-state index is 11.4. The molecule has 0 saturated heterocycles. The van der Waals surface area contributed by atoms with Crippen LogP contribution in [-0.2, 0) is 47.6 Å². The second-order valence-electron chi connectivity index (χ2n) is 8.84. The van der Waals surface area contributed by atoms with Crippen LogP contribution in [0.1, 0.15) is 59.3 Å². The zero-order valence-electron chi connectivity index (χ0n) is 25.0. The van der Waals surface area contributed by atoms with E-state index in [4.69, 9.17) is 28.4 Å². The molecule has 0 aromatic carbocycles. The normalized spacial score (nSPS) is 15.3. The third kappa shape index (κ3) is 18.0. The summed E-state index contributed by atoms with van der Waals surface area (Å²) < 4.78 is 30.9. The van der Waals surface area contributed by atoms with Gasteiger partial charge in [0.15, 0.2) is 11.6 Å². The Bertz CT molecular complexity index is 723. The van der Waals surface area contributed by atoms with Crippen LogP contribution in [0.2, 0.25) is 0 Å². The van der Waals surface area contributed by atoms with Gasteiger partial charge in [0.1, 0.15) is 31.2 Å². The average Bonchev–Trinajstić information content (AvgIpc) is 3.00. The third-order valence-electron chi connectivity index (χ3n) is 5.85. The number of rotatable bonds is 22. The molecule has 2 unspecified atom stereocenters. The molecule has 0 aliphatic rings. The van der Waals surface area contributed by atoms with E-state index in [9.17, 15) is 39.6 Å². The molecule has 0 fully saturated rings. The first-order valence-electron chi connectivity index (χ1n) is 13.3. The molecule has 0 bridgehead atoms. The number of hydrogen-bond acceptors (Lipinski definition) is 14. The number of carbonyl (C=O) groups is 4. The van der Waals surface area contributed by atoms with Crippen LogP contribution < -0.4 is 5.32 Å². The smallest absolute Gasteiger partial charge is 0.306 e. The number of Topliss-reactive ketones (excluding diaryl/α,β-unsaturated/α-hetero) is 1. The molecule has 1 amide bonds. The van der Waals surface area contributed by atoms with E-state index in [-0.39, 0.29) is 70.4 Å². The maximum Gasteiger partial charge on any atom is 0.306 e. The monoisotopic (exact) mass is 599 g/mol. The Morgan fingerprint density at radius 3 is 1.37 bits per heavy atom. The van der Waals surface area contributed by atoms with Crippen molar-refractivity contribution in [1.29, 1.82) is 0 Å². The highest BCUT2D eigenvalue weighted by atomic mass is 16.7. The summed E-state index contributed by atoms with van der Waals surface area (Å²) in [5.41, 5.74) is 0. The van der Waals surface area contributed by atoms with Crippen molar-refractivity contribution < 1.29 is 68.0 Å². The zero-order chi connectivity index (χ0) is 31.9. The van der Waals surface area contributed by atoms with Gasteiger partial charge in [-0.15, -0.1) is 0 Å². The molecule has 0 rings (SSSR count). The summed E-state index contributed by atoms with van der Waals surface area (Å²) in [6.07, 6.45) is -0.789. The molecule has 4 atom stereocenters. The summed E-state index contributed by atoms with van der Waals surface area (Å²) in [5.74, 6) is -3.91. The van der Waals surface area contributed by atoms with Crippen molar-refractivity contribution >= 4 is 23.6 Å². The number of aliphatic hydroxyl groups is 4. The van der Waals surface area contributed by atoms with Crippen LogP contribution in [0, 0.1) is 0 Å². The number of ether oxygens (including phenoxy) is 6. The van der Waals surface area contributed by atoms with Gasteiger partial charge in [0.25, 0.3) is 0 Å². The minimum absolute atomic E-state index is 0.00329. The van der Waals surface area contributed by atoms with Crippen molar-refractivity contribution in [3.63, 3.8) is 0 Å². The van der Waals surface area contributed by atoms with E-state index in [0.717, 1.165) is 0 Å². The molecule has 0 aliphatic carbocycles. The Morgan fingerprint density at radius 1 is 0.707 bits per heavy atom. The van der Waals surface area contributed by atoms with Crippen molar-refractivity contribution in [3.05, 3.63) is 0 Å². The number of ketones is 1. The molecule has 41 heavy (non-hydrogen) atoms. The fraction of sp³-hybridized carbons (Fsp3) is 0.846. The molecule has 242 valence electrons. The van der Waals surface area contributed by atoms with Gasteiger partial charge >= 0.3 is 11.9 Å². The quantitative estimate of drug-likeness (QED) is 0.0761. The fourth-order valence-electron chi connectivity index (χ4n) is 2.97. The van der Waals surface area contributed by atoms with E-state index in [1.807, 2.05) is 0 Å². The van der Waals surface area contributed by atoms with Crippen LogP contribution in [0.25, 0.3) is 0 Å². The number of nitrogens with one attached hydrogen (secondary N) is 1. The molecule has 0 spiro atoms. The van der Waals surface area contributed by atoms with Gasteiger partial charge in [0.05, 0.1) is 39.3 Å². The topological polar surface area (TPSA) is 217 Å². The van der Waals surface area contributed by atoms with Gasteiger partial charge in [0.2, 0.25) is 5.91 Å². The number of aliphatic hydroxyl groups excluding tert-OH is 4. The predicted octanol–water partition coefficient (Wildman–Crippen LogP) is -0.800. The predicted molar refractivity (Wildman–Crippen MR) is 143 cm³/mol. The summed E-state index contributed by atoms with van der Waals surface area (Å²) in [5, 5.41) is 39.4. The second kappa shape index (κ2) is 23.3. The average molecular weight is 600 g/mol. The van der Waals surface area contributed by atoms with E-state index < -0.39 is 42.3 Å². The van der Waals surface area contributed by atoms with E-state index in [2.05, 4.69) is 5.32 Å². The summed E-state index contributed by atoms with van der Waals surface area (Å²) in [4.78, 5) is 44.5. The zero-order valence-corrected chi connectivity index (χ0v) is 25.0. The van der Waals surface area contributed by atoms with Crippen molar-refractivity contribution in [2.45, 2.75) is 83.1 Å². The van der Waals surface area contributed by atoms with Gasteiger partial charge in [-0.25, -0.2) is 0 Å². The standard InChI is InChI=1S/C13H25NO7.C13H24O7/c1-4-13(9-16,19-3)21-10(7-15)8-20-12(18)6-5-11(17)14-2;1-4-13(9-15,18-3)20-11(7-14)8-19-12(17)6-5-10(2)16/h10,15-16H,4-9H2,1-3H3,(H,14,17);11,14-15H,4-9H2,1-3H3/t10?,13-;11?,13-/m11/s1. The lowest BCUT2D eigenvalue weighted by molar-refractivity contribution is -0.274. The molecule has 5 N–H and O–H groups in total. The van der Waals surface area contributed by atoms with Crippen LogP contribution in [-0.4, -0.2) is 129 Å². The summed E-state index contributed by atoms with van der Waals surface area (Å²) in [7, 11) is 4.24. The van der Waals surface area contributed by atoms with E-state index in [1.165, 1.54) is 28.2 Å².